The van der Waals surface area contributed by atoms with Crippen LogP contribution >= 0.6 is 0 Å². The molecule has 78 heavy (non-hydrogen) atoms. The molecule has 14 nitrogen and oxygen atoms in total. The molecule has 0 amide bonds. The summed E-state index contributed by atoms with van der Waals surface area (Å²) >= 11 is 0. The topological polar surface area (TPSA) is 162 Å². The summed E-state index contributed by atoms with van der Waals surface area (Å²) in [4.78, 5) is 24.9. The second-order valence-corrected chi connectivity index (χ2v) is 19.8. The molecule has 2 atom stereocenters. The number of likely N-dealkylation sites (tertiary alicyclic amines) is 2. The Morgan fingerprint density at radius 2 is 0.808 bits per heavy atom. The molecule has 0 bridgehead atoms. The maximum absolute atomic E-state index is 14.7. The normalized spacial score (nSPS) is 16.7. The number of benzene rings is 6. The fourth-order valence-electron chi connectivity index (χ4n) is 10.3. The Balaban J connectivity index is 0.000000190. The van der Waals surface area contributed by atoms with E-state index in [1.165, 1.54) is 57.9 Å². The molecule has 6 aromatic carbocycles. The molecule has 4 heterocycles. The van der Waals surface area contributed by atoms with Crippen molar-refractivity contribution in [1.29, 1.82) is 0 Å². The van der Waals surface area contributed by atoms with Crippen molar-refractivity contribution in [2.75, 3.05) is 39.3 Å². The molecule has 2 aliphatic rings. The van der Waals surface area contributed by atoms with Gasteiger partial charge in [0.25, 0.3) is 11.4 Å². The fourth-order valence-corrected chi connectivity index (χ4v) is 10.3. The van der Waals surface area contributed by atoms with Gasteiger partial charge in [0.15, 0.2) is 0 Å². The first kappa shape index (κ1) is 55.0. The first-order valence-electron chi connectivity index (χ1n) is 25.4. The number of halogens is 6. The van der Waals surface area contributed by atoms with Gasteiger partial charge >= 0.3 is 12.4 Å². The summed E-state index contributed by atoms with van der Waals surface area (Å²) < 4.78 is 103. The lowest BCUT2D eigenvalue weighted by Crippen LogP contribution is -2.53. The van der Waals surface area contributed by atoms with Crippen LogP contribution in [0, 0.1) is 20.2 Å². The van der Waals surface area contributed by atoms with Crippen molar-refractivity contribution in [3.63, 3.8) is 0 Å². The van der Waals surface area contributed by atoms with E-state index < -0.39 is 46.5 Å². The van der Waals surface area contributed by atoms with Crippen LogP contribution < -0.4 is 9.47 Å². The van der Waals surface area contributed by atoms with E-state index in [2.05, 4.69) is 0 Å². The van der Waals surface area contributed by atoms with Crippen LogP contribution in [0.3, 0.4) is 0 Å². The average molecular weight is 1080 g/mol. The van der Waals surface area contributed by atoms with Gasteiger partial charge in [-0.25, -0.2) is 0 Å². The zero-order chi connectivity index (χ0) is 55.2. The van der Waals surface area contributed by atoms with E-state index >= 15 is 0 Å². The number of piperidine rings is 2. The lowest BCUT2D eigenvalue weighted by atomic mass is 9.91. The molecule has 20 heteroatoms. The van der Waals surface area contributed by atoms with Gasteiger partial charge in [0.2, 0.25) is 11.2 Å². The number of ether oxygens (including phenoxy) is 2. The Labute approximate surface area is 444 Å². The minimum absolute atomic E-state index is 0.124. The highest BCUT2D eigenvalue weighted by molar-refractivity contribution is 5.88. The monoisotopic (exact) mass is 1080 g/mol. The average Bonchev–Trinajstić information content (AvgIpc) is 4.20. The number of hydrogen-bond acceptors (Lipinski definition) is 10. The van der Waals surface area contributed by atoms with Gasteiger partial charge in [-0.2, -0.15) is 26.3 Å². The van der Waals surface area contributed by atoms with Crippen LogP contribution in [0.15, 0.2) is 170 Å². The summed E-state index contributed by atoms with van der Waals surface area (Å²) in [5, 5.41) is 45.9. The molecule has 2 unspecified atom stereocenters. The molecule has 2 fully saturated rings. The molecular weight excluding hydrogens is 1020 g/mol. The van der Waals surface area contributed by atoms with Gasteiger partial charge in [-0.05, 0) is 73.2 Å². The first-order chi connectivity index (χ1) is 37.3. The molecule has 0 aliphatic carbocycles. The van der Waals surface area contributed by atoms with Gasteiger partial charge in [-0.1, -0.05) is 97.1 Å². The maximum atomic E-state index is 14.7. The lowest BCUT2D eigenvalue weighted by molar-refractivity contribution is -0.384. The third kappa shape index (κ3) is 12.3. The number of para-hydroxylation sites is 2. The molecule has 0 radical (unpaired) electrons. The summed E-state index contributed by atoms with van der Waals surface area (Å²) in [6.45, 7) is 0.359. The largest absolute Gasteiger partial charge is 0.490 e. The Hall–Kier alpha value is -7.78. The number of fused-ring (bicyclic) bond motifs is 2. The van der Waals surface area contributed by atoms with Gasteiger partial charge in [-0.3, -0.25) is 30.0 Å². The van der Waals surface area contributed by atoms with Crippen LogP contribution in [-0.4, -0.2) is 103 Å². The minimum atomic E-state index is -4.99. The number of nitro benzene ring substituents is 2. The van der Waals surface area contributed by atoms with Crippen LogP contribution in [0.5, 0.6) is 11.5 Å². The van der Waals surface area contributed by atoms with Crippen LogP contribution in [0.1, 0.15) is 47.9 Å². The maximum Gasteiger partial charge on any atom is 0.422 e. The van der Waals surface area contributed by atoms with E-state index in [4.69, 9.17) is 9.47 Å². The number of aliphatic hydroxyl groups is 2. The molecule has 8 aromatic rings. The summed E-state index contributed by atoms with van der Waals surface area (Å²) in [7, 11) is 0. The number of β-amino-alcohol motifs (C(OH)–C–C–N with tert-alkyl or cyclic N) is 2. The third-order valence-corrected chi connectivity index (χ3v) is 14.4. The second kappa shape index (κ2) is 23.1. The van der Waals surface area contributed by atoms with Gasteiger partial charge in [0.1, 0.15) is 23.7 Å². The SMILES string of the molecule is O=[N+]([O-])c1ccc2c(C(O)(CN3CCC(Oc4ccccc4)CC3)C(F)(F)F)cn(Cc3ccccc3)c2c1.O=[N+]([O-])c1ccc2c(C(O)(CN3CCC(Oc4ccccc4)CC3)C(F)(F)F)cn(Cc3ccccc3)c2c1. The van der Waals surface area contributed by atoms with E-state index in [1.807, 2.05) is 121 Å². The summed E-state index contributed by atoms with van der Waals surface area (Å²) in [6.07, 6.45) is -5.60. The molecule has 408 valence electrons. The fraction of sp³-hybridized carbons (Fsp3) is 0.310. The number of nitro groups is 2. The van der Waals surface area contributed by atoms with E-state index in [9.17, 15) is 56.8 Å². The van der Waals surface area contributed by atoms with Gasteiger partial charge < -0.3 is 28.8 Å². The predicted octanol–water partition coefficient (Wildman–Crippen LogP) is 11.8. The van der Waals surface area contributed by atoms with Gasteiger partial charge in [0.05, 0.1) is 20.9 Å². The number of alkyl halides is 6. The van der Waals surface area contributed by atoms with Crippen molar-refractivity contribution < 1.29 is 55.9 Å². The highest BCUT2D eigenvalue weighted by Crippen LogP contribution is 2.46. The van der Waals surface area contributed by atoms with E-state index in [-0.39, 0.29) is 69.6 Å². The van der Waals surface area contributed by atoms with E-state index in [1.54, 1.807) is 9.80 Å². The van der Waals surface area contributed by atoms with Crippen LogP contribution in [0.25, 0.3) is 21.8 Å². The smallest absolute Gasteiger partial charge is 0.422 e. The molecule has 2 aliphatic heterocycles. The van der Waals surface area contributed by atoms with Crippen molar-refractivity contribution in [2.24, 2.45) is 0 Å². The van der Waals surface area contributed by atoms with E-state index in [0.29, 0.717) is 63.4 Å². The van der Waals surface area contributed by atoms with Crippen molar-refractivity contribution in [3.05, 3.63) is 213 Å². The van der Waals surface area contributed by atoms with Crippen LogP contribution in [-0.2, 0) is 24.3 Å². The minimum Gasteiger partial charge on any atom is -0.490 e. The molecule has 2 saturated heterocycles. The molecular formula is C58H56F6N6O8. The summed E-state index contributed by atoms with van der Waals surface area (Å²) in [5.41, 5.74) is -5.37. The number of aromatic nitrogens is 2. The predicted molar refractivity (Wildman–Crippen MR) is 281 cm³/mol. The molecule has 10 rings (SSSR count). The van der Waals surface area contributed by atoms with Gasteiger partial charge in [0, 0.05) is 111 Å². The zero-order valence-corrected chi connectivity index (χ0v) is 42.1. The van der Waals surface area contributed by atoms with E-state index in [0.717, 1.165) is 11.1 Å². The van der Waals surface area contributed by atoms with Crippen molar-refractivity contribution in [1.82, 2.24) is 18.9 Å². The van der Waals surface area contributed by atoms with Gasteiger partial charge in [-0.15, -0.1) is 0 Å². The number of hydrogen-bond donors (Lipinski definition) is 2. The summed E-state index contributed by atoms with van der Waals surface area (Å²) in [5.74, 6) is 1.42. The Morgan fingerprint density at radius 1 is 0.487 bits per heavy atom. The van der Waals surface area contributed by atoms with Crippen LogP contribution in [0.4, 0.5) is 37.7 Å². The highest BCUT2D eigenvalue weighted by Gasteiger charge is 2.58. The third-order valence-electron chi connectivity index (χ3n) is 14.4. The van der Waals surface area contributed by atoms with Crippen LogP contribution in [0.2, 0.25) is 0 Å². The Kier molecular flexibility index (Phi) is 16.3. The number of rotatable bonds is 16. The highest BCUT2D eigenvalue weighted by atomic mass is 19.4. The molecule has 2 aromatic heterocycles. The summed E-state index contributed by atoms with van der Waals surface area (Å²) in [6, 6.07) is 44.1. The number of non-ortho nitro benzene ring substituents is 2. The van der Waals surface area contributed by atoms with Crippen molar-refractivity contribution in [2.45, 2.75) is 74.5 Å². The van der Waals surface area contributed by atoms with Crippen molar-refractivity contribution in [3.8, 4) is 11.5 Å². The first-order valence-corrected chi connectivity index (χ1v) is 25.4. The molecule has 2 N–H and O–H groups in total. The Bertz CT molecular complexity index is 3090. The lowest BCUT2D eigenvalue weighted by Gasteiger charge is -2.39. The Morgan fingerprint density at radius 3 is 1.12 bits per heavy atom. The number of nitrogens with zero attached hydrogens (tertiary/aromatic N) is 6. The second-order valence-electron chi connectivity index (χ2n) is 19.8. The molecule has 0 saturated carbocycles. The van der Waals surface area contributed by atoms with Crippen molar-refractivity contribution >= 4 is 33.2 Å². The standard InChI is InChI=1S/2C29H28F3N3O4/c2*30-29(31,32)28(36,20-33-15-13-24(14-16-33)39-23-9-5-2-6-10-23)26-19-34(18-21-7-3-1-4-8-21)27-17-22(35(37)38)11-12-25(26)27/h2*1-12,17,19,24,36H,13-16,18,20H2. The quantitative estimate of drug-likeness (QED) is 0.0541. The molecule has 0 spiro atoms. The zero-order valence-electron chi connectivity index (χ0n) is 42.1.